The van der Waals surface area contributed by atoms with Crippen molar-refractivity contribution >= 4 is 11.6 Å². The van der Waals surface area contributed by atoms with Crippen LogP contribution >= 0.6 is 0 Å². The molecule has 0 radical (unpaired) electrons. The number of rotatable bonds is 2. The molecule has 1 aromatic rings. The van der Waals surface area contributed by atoms with E-state index in [0.717, 1.165) is 5.56 Å². The lowest BCUT2D eigenvalue weighted by molar-refractivity contribution is -0.167. The summed E-state index contributed by atoms with van der Waals surface area (Å²) >= 11 is 0. The highest BCUT2D eigenvalue weighted by Crippen LogP contribution is 2.21. The summed E-state index contributed by atoms with van der Waals surface area (Å²) in [5.41, 5.74) is 1.04. The largest absolute Gasteiger partial charge is 0.471 e. The third-order valence-corrected chi connectivity index (χ3v) is 2.07. The molecule has 16 heavy (non-hydrogen) atoms. The Morgan fingerprint density at radius 1 is 1.31 bits per heavy atom. The molecule has 0 saturated carbocycles. The molecule has 0 saturated heterocycles. The van der Waals surface area contributed by atoms with E-state index in [0.29, 0.717) is 0 Å². The first-order chi connectivity index (χ1) is 7.30. The zero-order valence-corrected chi connectivity index (χ0v) is 8.93. The van der Waals surface area contributed by atoms with E-state index in [-0.39, 0.29) is 11.6 Å². The Morgan fingerprint density at radius 3 is 2.44 bits per heavy atom. The lowest BCUT2D eigenvalue weighted by Crippen LogP contribution is -2.29. The van der Waals surface area contributed by atoms with Crippen LogP contribution in [-0.2, 0) is 4.79 Å². The quantitative estimate of drug-likeness (QED) is 0.831. The summed E-state index contributed by atoms with van der Waals surface area (Å²) < 4.78 is 35.9. The smallest absolute Gasteiger partial charge is 0.318 e. The zero-order valence-electron chi connectivity index (χ0n) is 8.93. The predicted molar refractivity (Wildman–Crippen MR) is 55.2 cm³/mol. The molecule has 1 N–H and O–H groups in total. The van der Waals surface area contributed by atoms with Crippen LogP contribution in [0.15, 0.2) is 24.3 Å². The van der Waals surface area contributed by atoms with Crippen LogP contribution in [0, 0.1) is 0 Å². The van der Waals surface area contributed by atoms with Gasteiger partial charge in [-0.05, 0) is 23.6 Å². The monoisotopic (exact) mass is 231 g/mol. The minimum absolute atomic E-state index is 0.161. The topological polar surface area (TPSA) is 29.1 Å². The Balaban J connectivity index is 2.83. The fourth-order valence-corrected chi connectivity index (χ4v) is 1.18. The van der Waals surface area contributed by atoms with E-state index in [1.54, 1.807) is 12.1 Å². The minimum Gasteiger partial charge on any atom is -0.318 e. The molecule has 0 aliphatic heterocycles. The van der Waals surface area contributed by atoms with Crippen molar-refractivity contribution in [1.29, 1.82) is 0 Å². The van der Waals surface area contributed by atoms with Gasteiger partial charge < -0.3 is 5.32 Å². The van der Waals surface area contributed by atoms with E-state index in [1.165, 1.54) is 12.1 Å². The average molecular weight is 231 g/mol. The van der Waals surface area contributed by atoms with Crippen LogP contribution in [0.1, 0.15) is 25.3 Å². The summed E-state index contributed by atoms with van der Waals surface area (Å²) in [6.45, 7) is 3.84. The maximum Gasteiger partial charge on any atom is 0.471 e. The van der Waals surface area contributed by atoms with Crippen LogP contribution in [-0.4, -0.2) is 12.1 Å². The zero-order chi connectivity index (χ0) is 12.3. The van der Waals surface area contributed by atoms with Gasteiger partial charge in [0, 0.05) is 5.69 Å². The summed E-state index contributed by atoms with van der Waals surface area (Å²) in [6.07, 6.45) is -4.85. The number of anilines is 1. The highest BCUT2D eigenvalue weighted by atomic mass is 19.4. The van der Waals surface area contributed by atoms with Crippen molar-refractivity contribution in [3.8, 4) is 0 Å². The van der Waals surface area contributed by atoms with Gasteiger partial charge in [-0.15, -0.1) is 0 Å². The Labute approximate surface area is 91.5 Å². The first kappa shape index (κ1) is 12.5. The Hall–Kier alpha value is -1.52. The minimum atomic E-state index is -4.85. The summed E-state index contributed by atoms with van der Waals surface area (Å²) in [7, 11) is 0. The summed E-state index contributed by atoms with van der Waals surface area (Å²) in [4.78, 5) is 10.7. The molecule has 1 rings (SSSR count). The van der Waals surface area contributed by atoms with Crippen LogP contribution in [0.5, 0.6) is 0 Å². The Kier molecular flexibility index (Phi) is 3.57. The lowest BCUT2D eigenvalue weighted by atomic mass is 10.0. The summed E-state index contributed by atoms with van der Waals surface area (Å²) in [6, 6.07) is 6.37. The van der Waals surface area contributed by atoms with Gasteiger partial charge in [-0.25, -0.2) is 0 Å². The number of carbonyl (C=O) groups excluding carboxylic acids is 1. The van der Waals surface area contributed by atoms with Crippen LogP contribution in [0.4, 0.5) is 18.9 Å². The fraction of sp³-hybridized carbons (Fsp3) is 0.364. The van der Waals surface area contributed by atoms with Crippen molar-refractivity contribution in [2.45, 2.75) is 25.9 Å². The van der Waals surface area contributed by atoms with Gasteiger partial charge in [0.05, 0.1) is 0 Å². The number of carbonyl (C=O) groups is 1. The third-order valence-electron chi connectivity index (χ3n) is 2.07. The predicted octanol–water partition coefficient (Wildman–Crippen LogP) is 3.31. The molecule has 5 heteroatoms. The second-order valence-corrected chi connectivity index (χ2v) is 3.73. The third kappa shape index (κ3) is 3.25. The van der Waals surface area contributed by atoms with Gasteiger partial charge in [-0.2, -0.15) is 13.2 Å². The van der Waals surface area contributed by atoms with E-state index in [1.807, 2.05) is 19.2 Å². The molecule has 0 spiro atoms. The normalized spacial score (nSPS) is 11.6. The maximum absolute atomic E-state index is 12.0. The van der Waals surface area contributed by atoms with Crippen molar-refractivity contribution in [2.24, 2.45) is 0 Å². The highest BCUT2D eigenvalue weighted by Gasteiger charge is 2.38. The molecule has 1 amide bonds. The van der Waals surface area contributed by atoms with Gasteiger partial charge in [-0.3, -0.25) is 4.79 Å². The van der Waals surface area contributed by atoms with Gasteiger partial charge >= 0.3 is 12.1 Å². The molecule has 88 valence electrons. The second kappa shape index (κ2) is 4.55. The van der Waals surface area contributed by atoms with Gasteiger partial charge in [0.15, 0.2) is 0 Å². The maximum atomic E-state index is 12.0. The molecule has 0 unspecified atom stereocenters. The Morgan fingerprint density at radius 2 is 1.94 bits per heavy atom. The molecule has 0 aliphatic rings. The first-order valence-corrected chi connectivity index (χ1v) is 4.79. The van der Waals surface area contributed by atoms with E-state index in [4.69, 9.17) is 0 Å². The molecular formula is C11H12F3NO. The van der Waals surface area contributed by atoms with Gasteiger partial charge in [-0.1, -0.05) is 26.0 Å². The first-order valence-electron chi connectivity index (χ1n) is 4.79. The second-order valence-electron chi connectivity index (χ2n) is 3.73. The SMILES string of the molecule is CC(C)c1cccc(NC(=O)C(F)(F)F)c1. The van der Waals surface area contributed by atoms with Crippen molar-refractivity contribution in [1.82, 2.24) is 0 Å². The number of benzene rings is 1. The molecule has 0 fully saturated rings. The van der Waals surface area contributed by atoms with Crippen LogP contribution in [0.25, 0.3) is 0 Å². The molecular weight excluding hydrogens is 219 g/mol. The Bertz CT molecular complexity index is 385. The number of hydrogen-bond acceptors (Lipinski definition) is 1. The molecule has 0 aliphatic carbocycles. The molecule has 0 heterocycles. The highest BCUT2D eigenvalue weighted by molar-refractivity contribution is 5.94. The van der Waals surface area contributed by atoms with Gasteiger partial charge in [0.25, 0.3) is 0 Å². The van der Waals surface area contributed by atoms with Gasteiger partial charge in [0.2, 0.25) is 0 Å². The van der Waals surface area contributed by atoms with E-state index >= 15 is 0 Å². The van der Waals surface area contributed by atoms with E-state index < -0.39 is 12.1 Å². The van der Waals surface area contributed by atoms with Crippen LogP contribution in [0.3, 0.4) is 0 Å². The fourth-order valence-electron chi connectivity index (χ4n) is 1.18. The number of amides is 1. The number of halogens is 3. The van der Waals surface area contributed by atoms with E-state index in [2.05, 4.69) is 0 Å². The van der Waals surface area contributed by atoms with E-state index in [9.17, 15) is 18.0 Å². The van der Waals surface area contributed by atoms with Gasteiger partial charge in [0.1, 0.15) is 0 Å². The van der Waals surface area contributed by atoms with Crippen molar-refractivity contribution < 1.29 is 18.0 Å². The standard InChI is InChI=1S/C11H12F3NO/c1-7(2)8-4-3-5-9(6-8)15-10(16)11(12,13)14/h3-7H,1-2H3,(H,15,16). The van der Waals surface area contributed by atoms with Crippen molar-refractivity contribution in [3.05, 3.63) is 29.8 Å². The lowest BCUT2D eigenvalue weighted by Gasteiger charge is -2.10. The molecule has 1 aromatic carbocycles. The number of nitrogens with one attached hydrogen (secondary N) is 1. The number of hydrogen-bond donors (Lipinski definition) is 1. The number of alkyl halides is 3. The molecule has 0 bridgehead atoms. The molecule has 2 nitrogen and oxygen atoms in total. The van der Waals surface area contributed by atoms with Crippen LogP contribution in [0.2, 0.25) is 0 Å². The molecule has 0 atom stereocenters. The van der Waals surface area contributed by atoms with Crippen molar-refractivity contribution in [3.63, 3.8) is 0 Å². The summed E-state index contributed by atoms with van der Waals surface area (Å²) in [5.74, 6) is -1.75. The molecule has 0 aromatic heterocycles. The average Bonchev–Trinajstić information content (AvgIpc) is 2.16. The van der Waals surface area contributed by atoms with Crippen LogP contribution < -0.4 is 5.32 Å². The van der Waals surface area contributed by atoms with Crippen molar-refractivity contribution in [2.75, 3.05) is 5.32 Å². The summed E-state index contributed by atoms with van der Waals surface area (Å²) in [5, 5.41) is 1.81.